The molecule has 0 spiro atoms. The first-order chi connectivity index (χ1) is 11.0. The fraction of sp³-hybridized carbons (Fsp3) is 0.111. The summed E-state index contributed by atoms with van der Waals surface area (Å²) in [6.45, 7) is 0. The van der Waals surface area contributed by atoms with E-state index in [9.17, 15) is 8.42 Å². The molecule has 118 valence electrons. The summed E-state index contributed by atoms with van der Waals surface area (Å²) in [5, 5.41) is 2.75. The molecule has 0 heterocycles. The Morgan fingerprint density at radius 1 is 0.913 bits per heavy atom. The largest absolute Gasteiger partial charge is 0.224 e. The molecule has 1 atom stereocenters. The van der Waals surface area contributed by atoms with Crippen LogP contribution in [0.15, 0.2) is 71.6 Å². The van der Waals surface area contributed by atoms with Crippen molar-refractivity contribution >= 4 is 48.1 Å². The van der Waals surface area contributed by atoms with Gasteiger partial charge in [-0.25, -0.2) is 8.42 Å². The summed E-state index contributed by atoms with van der Waals surface area (Å²) >= 11 is 9.33. The van der Waals surface area contributed by atoms with Crippen molar-refractivity contribution in [2.45, 2.75) is 9.72 Å². The molecule has 0 fully saturated rings. The standard InChI is InChI=1S/C18H14BrClO2S/c19-18(12-23(21,22)17-9-7-16(20)8-10-17)15-6-5-13-3-1-2-4-14(13)11-15/h1-11,18H,12H2. The molecule has 0 aliphatic heterocycles. The van der Waals surface area contributed by atoms with Crippen LogP contribution < -0.4 is 0 Å². The van der Waals surface area contributed by atoms with Gasteiger partial charge in [0.25, 0.3) is 0 Å². The molecule has 3 rings (SSSR count). The molecule has 23 heavy (non-hydrogen) atoms. The molecule has 1 unspecified atom stereocenters. The Hall–Kier alpha value is -1.36. The summed E-state index contributed by atoms with van der Waals surface area (Å²) in [5.74, 6) is -0.00697. The minimum Gasteiger partial charge on any atom is -0.224 e. The van der Waals surface area contributed by atoms with Crippen molar-refractivity contribution in [2.75, 3.05) is 5.75 Å². The van der Waals surface area contributed by atoms with E-state index in [1.807, 2.05) is 42.5 Å². The van der Waals surface area contributed by atoms with Crippen LogP contribution in [0.1, 0.15) is 10.4 Å². The van der Waals surface area contributed by atoms with E-state index in [0.29, 0.717) is 5.02 Å². The van der Waals surface area contributed by atoms with Crippen LogP contribution in [0.4, 0.5) is 0 Å². The second-order valence-corrected chi connectivity index (χ2v) is 8.89. The molecule has 3 aromatic carbocycles. The fourth-order valence-corrected chi connectivity index (χ4v) is 5.21. The summed E-state index contributed by atoms with van der Waals surface area (Å²) in [5.41, 5.74) is 0.946. The minimum absolute atomic E-state index is 0.00697. The molecule has 5 heteroatoms. The van der Waals surface area contributed by atoms with Crippen LogP contribution in [0.3, 0.4) is 0 Å². The van der Waals surface area contributed by atoms with E-state index in [-0.39, 0.29) is 15.5 Å². The van der Waals surface area contributed by atoms with E-state index in [0.717, 1.165) is 16.3 Å². The van der Waals surface area contributed by atoms with Gasteiger partial charge in [0.05, 0.1) is 15.5 Å². The van der Waals surface area contributed by atoms with Gasteiger partial charge < -0.3 is 0 Å². The van der Waals surface area contributed by atoms with Crippen molar-refractivity contribution < 1.29 is 8.42 Å². The molecule has 0 aliphatic rings. The van der Waals surface area contributed by atoms with E-state index >= 15 is 0 Å². The highest BCUT2D eigenvalue weighted by Crippen LogP contribution is 2.29. The van der Waals surface area contributed by atoms with Gasteiger partial charge in [-0.2, -0.15) is 0 Å². The van der Waals surface area contributed by atoms with E-state index in [4.69, 9.17) is 11.6 Å². The molecular formula is C18H14BrClO2S. The van der Waals surface area contributed by atoms with Gasteiger partial charge in [0.2, 0.25) is 0 Å². The molecule has 0 bridgehead atoms. The molecule has 0 aromatic heterocycles. The third kappa shape index (κ3) is 3.77. The Morgan fingerprint density at radius 3 is 2.26 bits per heavy atom. The highest BCUT2D eigenvalue weighted by atomic mass is 79.9. The topological polar surface area (TPSA) is 34.1 Å². The lowest BCUT2D eigenvalue weighted by Crippen LogP contribution is -2.11. The van der Waals surface area contributed by atoms with Crippen molar-refractivity contribution in [1.29, 1.82) is 0 Å². The molecule has 0 N–H and O–H groups in total. The second kappa shape index (κ2) is 6.63. The third-order valence-corrected chi connectivity index (χ3v) is 6.97. The van der Waals surface area contributed by atoms with Crippen LogP contribution >= 0.6 is 27.5 Å². The normalized spacial score (nSPS) is 13.1. The van der Waals surface area contributed by atoms with Crippen molar-refractivity contribution in [3.05, 3.63) is 77.3 Å². The Kier molecular flexibility index (Phi) is 4.76. The highest BCUT2D eigenvalue weighted by Gasteiger charge is 2.21. The average molecular weight is 410 g/mol. The first-order valence-corrected chi connectivity index (χ1v) is 10.0. The first-order valence-electron chi connectivity index (χ1n) is 7.07. The number of alkyl halides is 1. The monoisotopic (exact) mass is 408 g/mol. The summed E-state index contributed by atoms with van der Waals surface area (Å²) < 4.78 is 25.0. The predicted octanol–water partition coefficient (Wildman–Crippen LogP) is 5.40. The maximum absolute atomic E-state index is 12.5. The average Bonchev–Trinajstić information content (AvgIpc) is 2.54. The van der Waals surface area contributed by atoms with Crippen LogP contribution in [0.2, 0.25) is 5.02 Å². The number of fused-ring (bicyclic) bond motifs is 1. The van der Waals surface area contributed by atoms with Crippen molar-refractivity contribution in [2.24, 2.45) is 0 Å². The maximum Gasteiger partial charge on any atom is 0.179 e. The zero-order valence-electron chi connectivity index (χ0n) is 12.1. The molecular weight excluding hydrogens is 396 g/mol. The van der Waals surface area contributed by atoms with Crippen molar-refractivity contribution in [1.82, 2.24) is 0 Å². The Morgan fingerprint density at radius 2 is 1.57 bits per heavy atom. The molecule has 3 aromatic rings. The van der Waals surface area contributed by atoms with Gasteiger partial charge in [0, 0.05) is 5.02 Å². The van der Waals surface area contributed by atoms with Gasteiger partial charge in [0.15, 0.2) is 9.84 Å². The highest BCUT2D eigenvalue weighted by molar-refractivity contribution is 9.09. The smallest absolute Gasteiger partial charge is 0.179 e. The lowest BCUT2D eigenvalue weighted by atomic mass is 10.1. The second-order valence-electron chi connectivity index (χ2n) is 5.31. The summed E-state index contributed by atoms with van der Waals surface area (Å²) in [4.78, 5) is 0.0138. The van der Waals surface area contributed by atoms with Gasteiger partial charge >= 0.3 is 0 Å². The number of hydrogen-bond acceptors (Lipinski definition) is 2. The predicted molar refractivity (Wildman–Crippen MR) is 99.1 cm³/mol. The Balaban J connectivity index is 1.87. The minimum atomic E-state index is -3.38. The van der Waals surface area contributed by atoms with E-state index in [1.54, 1.807) is 12.1 Å². The summed E-state index contributed by atoms with van der Waals surface area (Å²) in [6.07, 6.45) is 0. The molecule has 0 saturated carbocycles. The quantitative estimate of drug-likeness (QED) is 0.540. The molecule has 0 saturated heterocycles. The van der Waals surface area contributed by atoms with E-state index in [2.05, 4.69) is 15.9 Å². The Labute approximate surface area is 149 Å². The van der Waals surface area contributed by atoms with Crippen molar-refractivity contribution in [3.8, 4) is 0 Å². The zero-order chi connectivity index (χ0) is 16.4. The zero-order valence-corrected chi connectivity index (χ0v) is 15.3. The van der Waals surface area contributed by atoms with Gasteiger partial charge in [-0.15, -0.1) is 0 Å². The van der Waals surface area contributed by atoms with Gasteiger partial charge in [-0.1, -0.05) is 63.9 Å². The summed E-state index contributed by atoms with van der Waals surface area (Å²) in [6, 6.07) is 20.3. The van der Waals surface area contributed by atoms with E-state index in [1.165, 1.54) is 12.1 Å². The van der Waals surface area contributed by atoms with Crippen molar-refractivity contribution in [3.63, 3.8) is 0 Å². The van der Waals surface area contributed by atoms with Crippen LogP contribution in [0, 0.1) is 0 Å². The first kappa shape index (κ1) is 16.5. The number of sulfone groups is 1. The maximum atomic E-state index is 12.5. The molecule has 2 nitrogen and oxygen atoms in total. The molecule has 0 radical (unpaired) electrons. The lowest BCUT2D eigenvalue weighted by molar-refractivity contribution is 0.595. The molecule has 0 amide bonds. The number of hydrogen-bond donors (Lipinski definition) is 0. The van der Waals surface area contributed by atoms with Crippen LogP contribution in [-0.2, 0) is 9.84 Å². The number of benzene rings is 3. The number of rotatable bonds is 4. The van der Waals surface area contributed by atoms with E-state index < -0.39 is 9.84 Å². The summed E-state index contributed by atoms with van der Waals surface area (Å²) in [7, 11) is -3.38. The Bertz CT molecular complexity index is 937. The number of halogens is 2. The van der Waals surface area contributed by atoms with Gasteiger partial charge in [-0.05, 0) is 46.7 Å². The molecule has 0 aliphatic carbocycles. The SMILES string of the molecule is O=S(=O)(CC(Br)c1ccc2ccccc2c1)c1ccc(Cl)cc1. The third-order valence-electron chi connectivity index (χ3n) is 3.67. The van der Waals surface area contributed by atoms with Crippen LogP contribution in [0.25, 0.3) is 10.8 Å². The van der Waals surface area contributed by atoms with Gasteiger partial charge in [-0.3, -0.25) is 0 Å². The van der Waals surface area contributed by atoms with Crippen LogP contribution in [0.5, 0.6) is 0 Å². The fourth-order valence-electron chi connectivity index (χ4n) is 2.43. The lowest BCUT2D eigenvalue weighted by Gasteiger charge is -2.12. The van der Waals surface area contributed by atoms with Crippen LogP contribution in [-0.4, -0.2) is 14.2 Å². The van der Waals surface area contributed by atoms with Gasteiger partial charge in [0.1, 0.15) is 0 Å².